The molecule has 0 aliphatic heterocycles. The molecule has 2 heterocycles. The van der Waals surface area contributed by atoms with Gasteiger partial charge in [-0.25, -0.2) is 19.7 Å². The Labute approximate surface area is 242 Å². The molecule has 11 heteroatoms. The van der Waals surface area contributed by atoms with Gasteiger partial charge in [0.1, 0.15) is 28.8 Å². The summed E-state index contributed by atoms with van der Waals surface area (Å²) >= 11 is 5.50. The summed E-state index contributed by atoms with van der Waals surface area (Å²) in [5.41, 5.74) is 14.1. The molecule has 10 nitrogen and oxygen atoms in total. The molecule has 0 spiro atoms. The van der Waals surface area contributed by atoms with Gasteiger partial charge in [-0.05, 0) is 48.4 Å². The molecule has 210 valence electrons. The van der Waals surface area contributed by atoms with Gasteiger partial charge in [-0.1, -0.05) is 54.9 Å². The number of aromatic nitrogens is 4. The number of ether oxygens (including phenoxy) is 1. The zero-order chi connectivity index (χ0) is 29.4. The van der Waals surface area contributed by atoms with Crippen LogP contribution in [-0.2, 0) is 17.7 Å². The number of aryl methyl sites for hydroxylation is 1. The highest BCUT2D eigenvalue weighted by molar-refractivity contribution is 6.34. The zero-order valence-electron chi connectivity index (χ0n) is 22.7. The monoisotopic (exact) mass is 571 g/mol. The maximum atomic E-state index is 13.6. The van der Waals surface area contributed by atoms with Crippen molar-refractivity contribution < 1.29 is 9.53 Å². The molecular formula is C30H30ClN7O3. The summed E-state index contributed by atoms with van der Waals surface area (Å²) < 4.78 is 6.45. The number of nitrogen functional groups attached to an aromatic ring is 2. The van der Waals surface area contributed by atoms with Gasteiger partial charge < -0.3 is 21.5 Å². The molecule has 0 bridgehead atoms. The molecule has 0 aliphatic rings. The van der Waals surface area contributed by atoms with Gasteiger partial charge >= 0.3 is 5.97 Å². The molecule has 3 aromatic carbocycles. The Morgan fingerprint density at radius 3 is 2.27 bits per heavy atom. The van der Waals surface area contributed by atoms with Crippen molar-refractivity contribution >= 4 is 45.8 Å². The number of nitrogens with two attached hydrogens (primary N) is 2. The summed E-state index contributed by atoms with van der Waals surface area (Å²) in [4.78, 5) is 37.3. The van der Waals surface area contributed by atoms with Gasteiger partial charge in [0.25, 0.3) is 5.56 Å². The van der Waals surface area contributed by atoms with Crippen LogP contribution < -0.4 is 22.3 Å². The van der Waals surface area contributed by atoms with Gasteiger partial charge in [-0.2, -0.15) is 0 Å². The molecule has 0 unspecified atom stereocenters. The number of methoxy groups -OCH3 is 1. The van der Waals surface area contributed by atoms with Crippen molar-refractivity contribution in [2.75, 3.05) is 23.9 Å². The van der Waals surface area contributed by atoms with Crippen LogP contribution in [0.1, 0.15) is 35.1 Å². The van der Waals surface area contributed by atoms with E-state index >= 15 is 0 Å². The molecule has 41 heavy (non-hydrogen) atoms. The summed E-state index contributed by atoms with van der Waals surface area (Å²) in [6.45, 7) is 2.58. The van der Waals surface area contributed by atoms with Gasteiger partial charge in [0, 0.05) is 18.7 Å². The van der Waals surface area contributed by atoms with Crippen LogP contribution in [0.2, 0.25) is 5.02 Å². The molecule has 0 radical (unpaired) electrons. The van der Waals surface area contributed by atoms with E-state index in [-0.39, 0.29) is 28.2 Å². The molecule has 0 amide bonds. The third-order valence-electron chi connectivity index (χ3n) is 6.16. The van der Waals surface area contributed by atoms with Gasteiger partial charge in [-0.15, -0.1) is 0 Å². The highest BCUT2D eigenvalue weighted by Crippen LogP contribution is 2.22. The van der Waals surface area contributed by atoms with E-state index in [9.17, 15) is 9.59 Å². The van der Waals surface area contributed by atoms with Gasteiger partial charge in [0.15, 0.2) is 0 Å². The Morgan fingerprint density at radius 1 is 0.976 bits per heavy atom. The van der Waals surface area contributed by atoms with E-state index in [1.165, 1.54) is 13.4 Å². The second-order valence-corrected chi connectivity index (χ2v) is 9.33. The standard InChI is InChI=1S/C26H25N3O3.C4H5ClN4/c1-3-8-23-28-22-12-7-11-21(24(22)25(30)29(23)20-9-5-4-6-10-20)27-17-18-13-15-19(16-14-18)26(31)32-2;5-2-3(6)8-1-9-4(2)7/h4-7,9-16,27H,3,8,17H2,1-2H3;1H,(H4,6,7,8,9). The van der Waals surface area contributed by atoms with Crippen LogP contribution in [0.5, 0.6) is 0 Å². The van der Waals surface area contributed by atoms with Crippen molar-refractivity contribution in [3.8, 4) is 5.69 Å². The molecule has 2 aromatic heterocycles. The summed E-state index contributed by atoms with van der Waals surface area (Å²) in [5, 5.41) is 4.15. The zero-order valence-corrected chi connectivity index (χ0v) is 23.4. The van der Waals surface area contributed by atoms with Crippen LogP contribution in [0.3, 0.4) is 0 Å². The molecular weight excluding hydrogens is 542 g/mol. The molecule has 5 aromatic rings. The fourth-order valence-corrected chi connectivity index (χ4v) is 4.23. The van der Waals surface area contributed by atoms with Crippen LogP contribution in [0.15, 0.2) is 83.9 Å². The molecule has 0 atom stereocenters. The Bertz CT molecular complexity index is 1690. The number of fused-ring (bicyclic) bond motifs is 1. The second-order valence-electron chi connectivity index (χ2n) is 8.95. The Hall–Kier alpha value is -4.96. The highest BCUT2D eigenvalue weighted by atomic mass is 35.5. The number of halogens is 1. The Kier molecular flexibility index (Phi) is 9.49. The first-order valence-corrected chi connectivity index (χ1v) is 13.2. The quantitative estimate of drug-likeness (QED) is 0.228. The lowest BCUT2D eigenvalue weighted by Gasteiger charge is -2.15. The van der Waals surface area contributed by atoms with E-state index in [1.807, 2.05) is 60.7 Å². The topological polar surface area (TPSA) is 151 Å². The van der Waals surface area contributed by atoms with Crippen LogP contribution in [0, 0.1) is 0 Å². The van der Waals surface area contributed by atoms with E-state index in [1.54, 1.807) is 16.7 Å². The number of carbonyl (C=O) groups excluding carboxylic acids is 1. The number of benzene rings is 3. The fraction of sp³-hybridized carbons (Fsp3) is 0.167. The van der Waals surface area contributed by atoms with Gasteiger partial charge in [0.2, 0.25) is 0 Å². The minimum absolute atomic E-state index is 0.0891. The molecule has 5 rings (SSSR count). The van der Waals surface area contributed by atoms with Crippen molar-refractivity contribution in [2.45, 2.75) is 26.3 Å². The SMILES string of the molecule is CCCc1nc2cccc(NCc3ccc(C(=O)OC)cc3)c2c(=O)n1-c1ccccc1.Nc1ncnc(N)c1Cl. The summed E-state index contributed by atoms with van der Waals surface area (Å²) in [6.07, 6.45) is 2.87. The number of para-hydroxylation sites is 1. The maximum absolute atomic E-state index is 13.6. The van der Waals surface area contributed by atoms with Crippen LogP contribution in [0.4, 0.5) is 17.3 Å². The lowest BCUT2D eigenvalue weighted by molar-refractivity contribution is 0.0600. The van der Waals surface area contributed by atoms with Gasteiger partial charge in [-0.3, -0.25) is 9.36 Å². The maximum Gasteiger partial charge on any atom is 0.337 e. The minimum atomic E-state index is -0.367. The third kappa shape index (κ3) is 6.79. The number of anilines is 3. The highest BCUT2D eigenvalue weighted by Gasteiger charge is 2.15. The second kappa shape index (κ2) is 13.4. The first-order valence-electron chi connectivity index (χ1n) is 12.9. The number of nitrogens with zero attached hydrogens (tertiary/aromatic N) is 4. The fourth-order valence-electron chi connectivity index (χ4n) is 4.13. The average Bonchev–Trinajstić information content (AvgIpc) is 2.99. The van der Waals surface area contributed by atoms with Crippen molar-refractivity contribution in [1.82, 2.24) is 19.5 Å². The molecule has 5 N–H and O–H groups in total. The predicted octanol–water partition coefficient (Wildman–Crippen LogP) is 5.03. The smallest absolute Gasteiger partial charge is 0.337 e. The third-order valence-corrected chi connectivity index (χ3v) is 6.54. The molecule has 0 fully saturated rings. The van der Waals surface area contributed by atoms with Crippen LogP contribution >= 0.6 is 11.6 Å². The number of rotatable bonds is 7. The van der Waals surface area contributed by atoms with Gasteiger partial charge in [0.05, 0.1) is 29.3 Å². The molecule has 0 saturated carbocycles. The largest absolute Gasteiger partial charge is 0.465 e. The lowest BCUT2D eigenvalue weighted by Crippen LogP contribution is -2.24. The minimum Gasteiger partial charge on any atom is -0.465 e. The summed E-state index contributed by atoms with van der Waals surface area (Å²) in [6, 6.07) is 22.5. The predicted molar refractivity (Wildman–Crippen MR) is 162 cm³/mol. The van der Waals surface area contributed by atoms with Crippen molar-refractivity contribution in [3.05, 3.63) is 111 Å². The number of hydrogen-bond acceptors (Lipinski definition) is 9. The Balaban J connectivity index is 0.000000367. The summed E-state index contributed by atoms with van der Waals surface area (Å²) in [5.74, 6) is 0.814. The van der Waals surface area contributed by atoms with E-state index in [0.717, 1.165) is 29.2 Å². The van der Waals surface area contributed by atoms with Crippen molar-refractivity contribution in [3.63, 3.8) is 0 Å². The van der Waals surface area contributed by atoms with E-state index < -0.39 is 0 Å². The first kappa shape index (κ1) is 29.0. The lowest BCUT2D eigenvalue weighted by atomic mass is 10.1. The summed E-state index contributed by atoms with van der Waals surface area (Å²) in [7, 11) is 1.36. The average molecular weight is 572 g/mol. The number of esters is 1. The Morgan fingerprint density at radius 2 is 1.66 bits per heavy atom. The van der Waals surface area contributed by atoms with Crippen molar-refractivity contribution in [2.24, 2.45) is 0 Å². The van der Waals surface area contributed by atoms with Crippen LogP contribution in [0.25, 0.3) is 16.6 Å². The van der Waals surface area contributed by atoms with Crippen LogP contribution in [-0.4, -0.2) is 32.6 Å². The number of carbonyl (C=O) groups is 1. The number of hydrogen-bond donors (Lipinski definition) is 3. The number of nitrogens with one attached hydrogen (secondary N) is 1. The van der Waals surface area contributed by atoms with E-state index in [4.69, 9.17) is 32.8 Å². The normalized spacial score (nSPS) is 10.5. The van der Waals surface area contributed by atoms with E-state index in [0.29, 0.717) is 29.4 Å². The first-order chi connectivity index (χ1) is 19.8. The molecule has 0 saturated heterocycles. The van der Waals surface area contributed by atoms with E-state index in [2.05, 4.69) is 22.2 Å². The molecule has 0 aliphatic carbocycles. The van der Waals surface area contributed by atoms with Crippen molar-refractivity contribution in [1.29, 1.82) is 0 Å².